The summed E-state index contributed by atoms with van der Waals surface area (Å²) in [5.74, 6) is 1.07. The van der Waals surface area contributed by atoms with Crippen molar-refractivity contribution in [2.75, 3.05) is 6.54 Å². The van der Waals surface area contributed by atoms with Crippen LogP contribution in [0, 0.1) is 13.8 Å². The zero-order chi connectivity index (χ0) is 26.3. The van der Waals surface area contributed by atoms with Gasteiger partial charge in [0.1, 0.15) is 12.4 Å². The predicted octanol–water partition coefficient (Wildman–Crippen LogP) is 8.31. The number of ether oxygens (including phenoxy) is 1. The van der Waals surface area contributed by atoms with Crippen molar-refractivity contribution in [2.45, 2.75) is 92.0 Å². The van der Waals surface area contributed by atoms with E-state index in [1.807, 2.05) is 0 Å². The van der Waals surface area contributed by atoms with E-state index in [-0.39, 0.29) is 10.6 Å². The summed E-state index contributed by atoms with van der Waals surface area (Å²) in [5, 5.41) is 5.09. The Morgan fingerprint density at radius 1 is 0.833 bits per heavy atom. The van der Waals surface area contributed by atoms with Crippen molar-refractivity contribution in [3.63, 3.8) is 0 Å². The molecule has 2 nitrogen and oxygen atoms in total. The number of nitrogens with one attached hydrogen (secondary N) is 1. The Balaban J connectivity index is 2.16. The average Bonchev–Trinajstić information content (AvgIpc) is 2.86. The first-order valence-corrected chi connectivity index (χ1v) is 14.5. The van der Waals surface area contributed by atoms with Crippen LogP contribution in [0.5, 0.6) is 5.75 Å². The zero-order valence-electron chi connectivity index (χ0n) is 23.7. The van der Waals surface area contributed by atoms with E-state index in [0.29, 0.717) is 15.2 Å². The Labute approximate surface area is 222 Å². The molecular weight excluding hydrogens is 457 g/mol. The van der Waals surface area contributed by atoms with Crippen LogP contribution in [0.3, 0.4) is 0 Å². The summed E-state index contributed by atoms with van der Waals surface area (Å²) >= 11 is 0. The van der Waals surface area contributed by atoms with Crippen LogP contribution in [-0.2, 0) is 23.7 Å². The quantitative estimate of drug-likeness (QED) is 0.266. The van der Waals surface area contributed by atoms with Gasteiger partial charge >= 0.3 is 0 Å². The molecule has 0 bridgehead atoms. The van der Waals surface area contributed by atoms with Crippen LogP contribution in [-0.4, -0.2) is 6.54 Å². The molecule has 194 valence electrons. The first kappa shape index (κ1) is 28.4. The molecule has 3 aromatic carbocycles. The minimum Gasteiger partial charge on any atom is -0.488 e. The summed E-state index contributed by atoms with van der Waals surface area (Å²) in [6, 6.07) is 22.1. The van der Waals surface area contributed by atoms with Gasteiger partial charge in [-0.25, -0.2) is 0 Å². The first-order valence-electron chi connectivity index (χ1n) is 13.5. The number of aryl methyl sites for hydroxylation is 2. The van der Waals surface area contributed by atoms with E-state index in [2.05, 4.69) is 121 Å². The van der Waals surface area contributed by atoms with Gasteiger partial charge in [-0.05, 0) is 71.8 Å². The molecular formula is C33H46NOP. The van der Waals surface area contributed by atoms with Crippen LogP contribution in [0.25, 0.3) is 0 Å². The lowest BCUT2D eigenvalue weighted by Crippen LogP contribution is -2.27. The molecule has 1 atom stereocenters. The molecule has 0 saturated heterocycles. The highest BCUT2D eigenvalue weighted by Gasteiger charge is 2.35. The molecule has 1 N–H and O–H groups in total. The highest BCUT2D eigenvalue weighted by atomic mass is 31.1. The van der Waals surface area contributed by atoms with E-state index >= 15 is 0 Å². The highest BCUT2D eigenvalue weighted by molar-refractivity contribution is 7.48. The number of hydrogen-bond acceptors (Lipinski definition) is 2. The third kappa shape index (κ3) is 6.58. The topological polar surface area (TPSA) is 21.3 Å². The van der Waals surface area contributed by atoms with Gasteiger partial charge in [-0.1, -0.05) is 111 Å². The molecule has 0 fully saturated rings. The molecule has 3 aromatic rings. The van der Waals surface area contributed by atoms with Crippen LogP contribution in [0.1, 0.15) is 87.8 Å². The van der Waals surface area contributed by atoms with E-state index in [9.17, 15) is 0 Å². The Kier molecular flexibility index (Phi) is 9.79. The Bertz CT molecular complexity index is 1130. The summed E-state index contributed by atoms with van der Waals surface area (Å²) < 4.78 is 6.69. The lowest BCUT2D eigenvalue weighted by molar-refractivity contribution is 0.296. The van der Waals surface area contributed by atoms with E-state index in [1.165, 1.54) is 38.7 Å². The second kappa shape index (κ2) is 12.4. The SMILES string of the molecule is CCNCc1cccc(C)c1PC(CC)(CC)c1cc(C(C)(C)C)cc(C)c1OCc1ccccc1. The lowest BCUT2D eigenvalue weighted by atomic mass is 9.81. The van der Waals surface area contributed by atoms with Gasteiger partial charge in [0.05, 0.1) is 0 Å². The summed E-state index contributed by atoms with van der Waals surface area (Å²) in [7, 11) is 0.676. The Morgan fingerprint density at radius 3 is 2.14 bits per heavy atom. The number of rotatable bonds is 11. The fourth-order valence-electron chi connectivity index (χ4n) is 4.91. The smallest absolute Gasteiger partial charge is 0.126 e. The third-order valence-corrected chi connectivity index (χ3v) is 9.80. The first-order chi connectivity index (χ1) is 17.1. The van der Waals surface area contributed by atoms with Crippen molar-refractivity contribution >= 4 is 13.9 Å². The predicted molar refractivity (Wildman–Crippen MR) is 159 cm³/mol. The van der Waals surface area contributed by atoms with Crippen molar-refractivity contribution in [3.8, 4) is 5.75 Å². The van der Waals surface area contributed by atoms with Crippen LogP contribution < -0.4 is 15.4 Å². The molecule has 3 heteroatoms. The average molecular weight is 504 g/mol. The van der Waals surface area contributed by atoms with Crippen LogP contribution in [0.2, 0.25) is 0 Å². The van der Waals surface area contributed by atoms with Crippen LogP contribution in [0.4, 0.5) is 0 Å². The maximum absolute atomic E-state index is 6.69. The molecule has 0 aliphatic carbocycles. The molecule has 0 aromatic heterocycles. The van der Waals surface area contributed by atoms with Gasteiger partial charge in [0, 0.05) is 17.3 Å². The van der Waals surface area contributed by atoms with E-state index in [0.717, 1.165) is 31.7 Å². The zero-order valence-corrected chi connectivity index (χ0v) is 24.7. The minimum absolute atomic E-state index is 0.0190. The third-order valence-electron chi connectivity index (χ3n) is 7.38. The van der Waals surface area contributed by atoms with Crippen molar-refractivity contribution in [1.82, 2.24) is 5.32 Å². The summed E-state index contributed by atoms with van der Waals surface area (Å²) in [4.78, 5) is 0. The second-order valence-electron chi connectivity index (χ2n) is 11.0. The maximum atomic E-state index is 6.69. The molecule has 0 spiro atoms. The maximum Gasteiger partial charge on any atom is 0.126 e. The minimum atomic E-state index is 0.0190. The molecule has 3 rings (SSSR count). The van der Waals surface area contributed by atoms with Gasteiger partial charge in [0.15, 0.2) is 0 Å². The van der Waals surface area contributed by atoms with Crippen molar-refractivity contribution < 1.29 is 4.74 Å². The fourth-order valence-corrected chi connectivity index (χ4v) is 6.68. The summed E-state index contributed by atoms with van der Waals surface area (Å²) in [6.45, 7) is 20.8. The van der Waals surface area contributed by atoms with Crippen LogP contribution >= 0.6 is 8.58 Å². The van der Waals surface area contributed by atoms with Gasteiger partial charge in [-0.15, -0.1) is 0 Å². The van der Waals surface area contributed by atoms with Gasteiger partial charge in [0.25, 0.3) is 0 Å². The van der Waals surface area contributed by atoms with E-state index in [4.69, 9.17) is 4.74 Å². The van der Waals surface area contributed by atoms with Gasteiger partial charge < -0.3 is 10.1 Å². The van der Waals surface area contributed by atoms with E-state index in [1.54, 1.807) is 0 Å². The summed E-state index contributed by atoms with van der Waals surface area (Å²) in [5.41, 5.74) is 8.10. The van der Waals surface area contributed by atoms with Gasteiger partial charge in [-0.3, -0.25) is 0 Å². The van der Waals surface area contributed by atoms with Gasteiger partial charge in [0.2, 0.25) is 0 Å². The Hall–Kier alpha value is -2.15. The van der Waals surface area contributed by atoms with Crippen molar-refractivity contribution in [2.24, 2.45) is 0 Å². The second-order valence-corrected chi connectivity index (χ2v) is 12.7. The number of benzene rings is 3. The monoisotopic (exact) mass is 503 g/mol. The fraction of sp³-hybridized carbons (Fsp3) is 0.455. The standard InChI is InChI=1S/C33H46NOP/c1-9-33(10-2,36-31-24(4)16-15-19-27(31)22-34-11-3)29-21-28(32(6,7)8)20-25(5)30(29)35-23-26-17-13-12-14-18-26/h12-21,34,36H,9-11,22-23H2,1-8H3. The van der Waals surface area contributed by atoms with Gasteiger partial charge in [-0.2, -0.15) is 0 Å². The molecule has 0 amide bonds. The molecule has 0 aliphatic rings. The lowest BCUT2D eigenvalue weighted by Gasteiger charge is -2.37. The molecule has 0 heterocycles. The highest BCUT2D eigenvalue weighted by Crippen LogP contribution is 2.52. The Morgan fingerprint density at radius 2 is 1.53 bits per heavy atom. The van der Waals surface area contributed by atoms with Crippen LogP contribution in [0.15, 0.2) is 60.7 Å². The molecule has 0 radical (unpaired) electrons. The molecule has 36 heavy (non-hydrogen) atoms. The van der Waals surface area contributed by atoms with Crippen molar-refractivity contribution in [1.29, 1.82) is 0 Å². The molecule has 0 aliphatic heterocycles. The van der Waals surface area contributed by atoms with E-state index < -0.39 is 0 Å². The largest absolute Gasteiger partial charge is 0.488 e. The van der Waals surface area contributed by atoms with Crippen molar-refractivity contribution in [3.05, 3.63) is 94.0 Å². The molecule has 1 unspecified atom stereocenters. The molecule has 0 saturated carbocycles. The summed E-state index contributed by atoms with van der Waals surface area (Å²) in [6.07, 6.45) is 2.15. The normalized spacial score (nSPS) is 12.4. The number of hydrogen-bond donors (Lipinski definition) is 1.